The summed E-state index contributed by atoms with van der Waals surface area (Å²) in [5.41, 5.74) is 6.53. The van der Waals surface area contributed by atoms with Crippen LogP contribution in [0.3, 0.4) is 0 Å². The van der Waals surface area contributed by atoms with E-state index in [0.717, 1.165) is 11.3 Å². The zero-order valence-electron chi connectivity index (χ0n) is 11.9. The van der Waals surface area contributed by atoms with Gasteiger partial charge in [0.05, 0.1) is 19.1 Å². The molecule has 2 aromatic rings. The first-order chi connectivity index (χ1) is 10.1. The molecule has 0 bridgehead atoms. The molecule has 3 rings (SSSR count). The number of rotatable bonds is 3. The lowest BCUT2D eigenvalue weighted by molar-refractivity contribution is -0.123. The van der Waals surface area contributed by atoms with Gasteiger partial charge in [0.2, 0.25) is 11.9 Å². The van der Waals surface area contributed by atoms with E-state index in [2.05, 4.69) is 15.4 Å². The van der Waals surface area contributed by atoms with E-state index < -0.39 is 5.92 Å². The minimum Gasteiger partial charge on any atom is -0.497 e. The third-order valence-electron chi connectivity index (χ3n) is 3.84. The van der Waals surface area contributed by atoms with Crippen molar-refractivity contribution in [2.24, 2.45) is 11.7 Å². The van der Waals surface area contributed by atoms with Gasteiger partial charge in [0.25, 0.3) is 0 Å². The summed E-state index contributed by atoms with van der Waals surface area (Å²) in [6.45, 7) is 1.92. The first-order valence-corrected chi connectivity index (χ1v) is 6.71. The number of nitrogens with one attached hydrogen (secondary N) is 1. The second-order valence-corrected chi connectivity index (χ2v) is 5.11. The number of aromatic nitrogens is 3. The van der Waals surface area contributed by atoms with Crippen LogP contribution in [0.1, 0.15) is 18.5 Å². The first kappa shape index (κ1) is 13.4. The molecule has 0 fully saturated rings. The van der Waals surface area contributed by atoms with Crippen molar-refractivity contribution >= 4 is 11.9 Å². The molecule has 1 aromatic carbocycles. The molecular formula is C14H17N5O2. The van der Waals surface area contributed by atoms with Gasteiger partial charge in [-0.05, 0) is 24.6 Å². The largest absolute Gasteiger partial charge is 0.497 e. The molecule has 3 atom stereocenters. The number of carbonyl (C=O) groups excluding carboxylic acids is 1. The molecule has 7 heteroatoms. The van der Waals surface area contributed by atoms with Gasteiger partial charge in [-0.15, -0.1) is 0 Å². The van der Waals surface area contributed by atoms with Gasteiger partial charge in [-0.1, -0.05) is 12.1 Å². The Morgan fingerprint density at radius 2 is 2.29 bits per heavy atom. The van der Waals surface area contributed by atoms with Crippen LogP contribution < -0.4 is 15.8 Å². The van der Waals surface area contributed by atoms with Crippen LogP contribution in [0.15, 0.2) is 30.6 Å². The molecular weight excluding hydrogens is 270 g/mol. The highest BCUT2D eigenvalue weighted by Gasteiger charge is 2.40. The molecule has 0 aliphatic carbocycles. The fourth-order valence-electron chi connectivity index (χ4n) is 2.85. The maximum Gasteiger partial charge on any atom is 0.225 e. The lowest BCUT2D eigenvalue weighted by Crippen LogP contribution is -2.47. The molecule has 0 unspecified atom stereocenters. The second-order valence-electron chi connectivity index (χ2n) is 5.11. The van der Waals surface area contributed by atoms with Crippen molar-refractivity contribution < 1.29 is 9.53 Å². The Morgan fingerprint density at radius 1 is 1.48 bits per heavy atom. The van der Waals surface area contributed by atoms with Gasteiger partial charge in [0.15, 0.2) is 0 Å². The maximum atomic E-state index is 11.9. The van der Waals surface area contributed by atoms with Crippen molar-refractivity contribution in [1.29, 1.82) is 0 Å². The number of ether oxygens (including phenoxy) is 1. The Balaban J connectivity index is 2.13. The maximum absolute atomic E-state index is 11.9. The van der Waals surface area contributed by atoms with Crippen LogP contribution in [0.4, 0.5) is 5.95 Å². The number of nitrogens with zero attached hydrogens (tertiary/aromatic N) is 3. The minimum absolute atomic E-state index is 0.129. The first-order valence-electron chi connectivity index (χ1n) is 6.71. The zero-order valence-corrected chi connectivity index (χ0v) is 11.9. The van der Waals surface area contributed by atoms with Gasteiger partial charge in [-0.2, -0.15) is 10.1 Å². The van der Waals surface area contributed by atoms with E-state index in [-0.39, 0.29) is 18.0 Å². The lowest BCUT2D eigenvalue weighted by atomic mass is 9.85. The number of fused-ring (bicyclic) bond motifs is 1. The summed E-state index contributed by atoms with van der Waals surface area (Å²) in [6, 6.07) is 7.14. The van der Waals surface area contributed by atoms with E-state index in [0.29, 0.717) is 5.95 Å². The van der Waals surface area contributed by atoms with Crippen LogP contribution in [0, 0.1) is 5.92 Å². The van der Waals surface area contributed by atoms with Gasteiger partial charge in [0.1, 0.15) is 12.1 Å². The number of anilines is 1. The van der Waals surface area contributed by atoms with E-state index >= 15 is 0 Å². The number of amides is 1. The van der Waals surface area contributed by atoms with Gasteiger partial charge in [0, 0.05) is 6.04 Å². The highest BCUT2D eigenvalue weighted by molar-refractivity contribution is 5.79. The molecule has 0 spiro atoms. The van der Waals surface area contributed by atoms with Crippen molar-refractivity contribution in [3.8, 4) is 5.75 Å². The van der Waals surface area contributed by atoms with Crippen LogP contribution in [0.5, 0.6) is 5.75 Å². The smallest absolute Gasteiger partial charge is 0.225 e. The quantitative estimate of drug-likeness (QED) is 0.870. The molecule has 21 heavy (non-hydrogen) atoms. The molecule has 0 radical (unpaired) electrons. The molecule has 0 saturated heterocycles. The van der Waals surface area contributed by atoms with Gasteiger partial charge in [-0.3, -0.25) is 4.79 Å². The molecule has 1 amide bonds. The fraction of sp³-hybridized carbons (Fsp3) is 0.357. The topological polar surface area (TPSA) is 95.1 Å². The Morgan fingerprint density at radius 3 is 3.00 bits per heavy atom. The minimum atomic E-state index is -0.425. The number of carbonyl (C=O) groups is 1. The summed E-state index contributed by atoms with van der Waals surface area (Å²) < 4.78 is 6.96. The third-order valence-corrected chi connectivity index (χ3v) is 3.84. The summed E-state index contributed by atoms with van der Waals surface area (Å²) in [5.74, 6) is 0.562. The van der Waals surface area contributed by atoms with Crippen molar-refractivity contribution in [2.45, 2.75) is 19.0 Å². The number of methoxy groups -OCH3 is 1. The SMILES string of the molecule is COc1cccc([C@@H]2[C@@H](C(N)=O)[C@@H](C)Nc3ncnn32)c1. The lowest BCUT2D eigenvalue weighted by Gasteiger charge is -2.36. The summed E-state index contributed by atoms with van der Waals surface area (Å²) >= 11 is 0. The number of primary amides is 1. The summed E-state index contributed by atoms with van der Waals surface area (Å²) in [6.07, 6.45) is 1.46. The molecule has 1 aliphatic heterocycles. The fourth-order valence-corrected chi connectivity index (χ4v) is 2.85. The van der Waals surface area contributed by atoms with Crippen LogP contribution in [-0.4, -0.2) is 33.8 Å². The van der Waals surface area contributed by atoms with E-state index in [1.807, 2.05) is 31.2 Å². The summed E-state index contributed by atoms with van der Waals surface area (Å²) in [5, 5.41) is 7.39. The standard InChI is InChI=1S/C14H17N5O2/c1-8-11(13(15)20)12(19-14(18-8)16-7-17-19)9-4-3-5-10(6-9)21-2/h3-8,11-12H,1-2H3,(H2,15,20)(H,16,17,18)/t8-,11+,12-/m1/s1. The highest BCUT2D eigenvalue weighted by Crippen LogP contribution is 2.36. The second kappa shape index (κ2) is 5.08. The Hall–Kier alpha value is -2.57. The number of nitrogens with two attached hydrogens (primary N) is 1. The number of benzene rings is 1. The molecule has 0 saturated carbocycles. The summed E-state index contributed by atoms with van der Waals surface area (Å²) in [7, 11) is 1.61. The van der Waals surface area contributed by atoms with Crippen LogP contribution in [0.2, 0.25) is 0 Å². The number of hydrogen-bond donors (Lipinski definition) is 2. The summed E-state index contributed by atoms with van der Waals surface area (Å²) in [4.78, 5) is 16.1. The molecule has 7 nitrogen and oxygen atoms in total. The van der Waals surface area contributed by atoms with Crippen molar-refractivity contribution in [1.82, 2.24) is 14.8 Å². The van der Waals surface area contributed by atoms with E-state index in [9.17, 15) is 4.79 Å². The molecule has 3 N–H and O–H groups in total. The number of hydrogen-bond acceptors (Lipinski definition) is 5. The average molecular weight is 287 g/mol. The predicted octanol–water partition coefficient (Wildman–Crippen LogP) is 0.792. The predicted molar refractivity (Wildman–Crippen MR) is 76.9 cm³/mol. The van der Waals surface area contributed by atoms with Crippen LogP contribution in [0.25, 0.3) is 0 Å². The van der Waals surface area contributed by atoms with Gasteiger partial charge in [-0.25, -0.2) is 4.68 Å². The van der Waals surface area contributed by atoms with Gasteiger partial charge >= 0.3 is 0 Å². The molecule has 2 heterocycles. The Kier molecular flexibility index (Phi) is 3.25. The molecule has 1 aliphatic rings. The Bertz CT molecular complexity index is 669. The van der Waals surface area contributed by atoms with Crippen molar-refractivity contribution in [2.75, 3.05) is 12.4 Å². The highest BCUT2D eigenvalue weighted by atomic mass is 16.5. The Labute approximate surface area is 122 Å². The van der Waals surface area contributed by atoms with Crippen molar-refractivity contribution in [3.05, 3.63) is 36.2 Å². The van der Waals surface area contributed by atoms with Crippen molar-refractivity contribution in [3.63, 3.8) is 0 Å². The average Bonchev–Trinajstić information content (AvgIpc) is 2.93. The zero-order chi connectivity index (χ0) is 15.0. The van der Waals surface area contributed by atoms with E-state index in [4.69, 9.17) is 10.5 Å². The van der Waals surface area contributed by atoms with E-state index in [1.54, 1.807) is 11.8 Å². The van der Waals surface area contributed by atoms with E-state index in [1.165, 1.54) is 6.33 Å². The van der Waals surface area contributed by atoms with Crippen LogP contribution >= 0.6 is 0 Å². The molecule has 1 aromatic heterocycles. The third kappa shape index (κ3) is 2.20. The normalized spacial score (nSPS) is 24.0. The molecule has 110 valence electrons. The monoisotopic (exact) mass is 287 g/mol. The van der Waals surface area contributed by atoms with Crippen LogP contribution in [-0.2, 0) is 4.79 Å². The van der Waals surface area contributed by atoms with Gasteiger partial charge < -0.3 is 15.8 Å².